The highest BCUT2D eigenvalue weighted by molar-refractivity contribution is 5.83. The first kappa shape index (κ1) is 22.3. The minimum atomic E-state index is -0.898. The number of aromatic nitrogens is 5. The molecule has 1 unspecified atom stereocenters. The van der Waals surface area contributed by atoms with Gasteiger partial charge in [0, 0.05) is 20.6 Å². The molecule has 2 bridgehead atoms. The molecule has 1 saturated heterocycles. The van der Waals surface area contributed by atoms with Crippen LogP contribution in [0.2, 0.25) is 0 Å². The Kier molecular flexibility index (Phi) is 6.06. The van der Waals surface area contributed by atoms with Crippen LogP contribution in [-0.4, -0.2) is 68.6 Å². The number of morpholine rings is 1. The largest absolute Gasteiger partial charge is 0.379 e. The molecule has 0 radical (unpaired) electrons. The monoisotopic (exact) mass is 453 g/mol. The second kappa shape index (κ2) is 8.95. The molecule has 2 aliphatic heterocycles. The van der Waals surface area contributed by atoms with Gasteiger partial charge >= 0.3 is 0 Å². The zero-order valence-corrected chi connectivity index (χ0v) is 18.6. The van der Waals surface area contributed by atoms with E-state index in [1.165, 1.54) is 21.7 Å². The highest BCUT2D eigenvalue weighted by Crippen LogP contribution is 2.33. The third-order valence-electron chi connectivity index (χ3n) is 5.71. The van der Waals surface area contributed by atoms with Crippen molar-refractivity contribution in [2.24, 2.45) is 13.0 Å². The van der Waals surface area contributed by atoms with Gasteiger partial charge in [0.15, 0.2) is 17.5 Å². The standard InChI is InChI=1S/C21H24FN9O2/c1-4-5-12(22)8-13-16-11-33-7-6-31(16)20-18(24)26-27-19(25-20)17-14(10-29(2)21(13)32)28-30(3)15(17)9-23/h4-5,8,13,16H,6-7,10-11H2,1-3H3,(H2,24,26)/b5-4-,12-8+/t13?,16-/m1/s1. The summed E-state index contributed by atoms with van der Waals surface area (Å²) in [6.45, 7) is 2.66. The normalized spacial score (nSPS) is 21.4. The number of hydrogen-bond donors (Lipinski definition) is 1. The molecule has 0 spiro atoms. The number of anilines is 2. The number of aryl methyl sites for hydroxylation is 1. The van der Waals surface area contributed by atoms with Crippen LogP contribution in [0.4, 0.5) is 16.0 Å². The molecule has 2 aromatic heterocycles. The van der Waals surface area contributed by atoms with Crippen LogP contribution in [0.3, 0.4) is 0 Å². The van der Waals surface area contributed by atoms with Gasteiger partial charge in [-0.15, -0.1) is 10.2 Å². The van der Waals surface area contributed by atoms with Gasteiger partial charge in [-0.25, -0.2) is 9.37 Å². The number of fused-ring (bicyclic) bond motifs is 6. The summed E-state index contributed by atoms with van der Waals surface area (Å²) in [5, 5.41) is 22.3. The minimum absolute atomic E-state index is 0.0614. The molecule has 4 rings (SSSR count). The van der Waals surface area contributed by atoms with Crippen LogP contribution >= 0.6 is 0 Å². The van der Waals surface area contributed by atoms with Gasteiger partial charge in [0.05, 0.1) is 43.0 Å². The van der Waals surface area contributed by atoms with Crippen LogP contribution in [-0.2, 0) is 23.1 Å². The third-order valence-corrected chi connectivity index (χ3v) is 5.71. The number of nitriles is 1. The van der Waals surface area contributed by atoms with E-state index in [-0.39, 0.29) is 36.4 Å². The summed E-state index contributed by atoms with van der Waals surface area (Å²) >= 11 is 0. The Balaban J connectivity index is 1.97. The van der Waals surface area contributed by atoms with Crippen molar-refractivity contribution < 1.29 is 13.9 Å². The fraction of sp³-hybridized carbons (Fsp3) is 0.429. The molecule has 1 fully saturated rings. The molecule has 33 heavy (non-hydrogen) atoms. The van der Waals surface area contributed by atoms with Gasteiger partial charge in [0.1, 0.15) is 17.6 Å². The zero-order valence-electron chi connectivity index (χ0n) is 18.6. The predicted molar refractivity (Wildman–Crippen MR) is 117 cm³/mol. The summed E-state index contributed by atoms with van der Waals surface area (Å²) in [5.74, 6) is -1.23. The van der Waals surface area contributed by atoms with Crippen molar-refractivity contribution in [1.29, 1.82) is 5.26 Å². The van der Waals surface area contributed by atoms with E-state index in [1.54, 1.807) is 32.0 Å². The van der Waals surface area contributed by atoms with E-state index >= 15 is 0 Å². The lowest BCUT2D eigenvalue weighted by Crippen LogP contribution is -2.53. The van der Waals surface area contributed by atoms with Crippen LogP contribution in [0.15, 0.2) is 24.1 Å². The molecule has 2 N–H and O–H groups in total. The van der Waals surface area contributed by atoms with Crippen molar-refractivity contribution in [3.05, 3.63) is 35.4 Å². The van der Waals surface area contributed by atoms with E-state index in [2.05, 4.69) is 26.3 Å². The average molecular weight is 453 g/mol. The Labute approximate surface area is 189 Å². The second-order valence-corrected chi connectivity index (χ2v) is 7.86. The summed E-state index contributed by atoms with van der Waals surface area (Å²) in [4.78, 5) is 21.5. The zero-order chi connectivity index (χ0) is 23.7. The lowest BCUT2D eigenvalue weighted by atomic mass is 9.95. The third kappa shape index (κ3) is 4.03. The lowest BCUT2D eigenvalue weighted by molar-refractivity contribution is -0.134. The first-order valence-corrected chi connectivity index (χ1v) is 10.4. The molecule has 0 aliphatic carbocycles. The van der Waals surface area contributed by atoms with Crippen LogP contribution in [0.1, 0.15) is 18.3 Å². The highest BCUT2D eigenvalue weighted by atomic mass is 19.1. The van der Waals surface area contributed by atoms with E-state index in [9.17, 15) is 14.4 Å². The number of carbonyl (C=O) groups is 1. The van der Waals surface area contributed by atoms with Crippen LogP contribution in [0.25, 0.3) is 11.4 Å². The minimum Gasteiger partial charge on any atom is -0.379 e. The molecule has 0 saturated carbocycles. The summed E-state index contributed by atoms with van der Waals surface area (Å²) < 4.78 is 21.7. The molecule has 12 heteroatoms. The Morgan fingerprint density at radius 2 is 2.15 bits per heavy atom. The predicted octanol–water partition coefficient (Wildman–Crippen LogP) is 0.949. The number of nitrogen functional groups attached to an aromatic ring is 1. The molecular formula is C21H24FN9O2. The van der Waals surface area contributed by atoms with Gasteiger partial charge in [-0.1, -0.05) is 6.08 Å². The number of ether oxygens (including phenoxy) is 1. The molecule has 2 aliphatic rings. The van der Waals surface area contributed by atoms with Crippen molar-refractivity contribution in [1.82, 2.24) is 29.9 Å². The Morgan fingerprint density at radius 1 is 1.36 bits per heavy atom. The maximum Gasteiger partial charge on any atom is 0.231 e. The van der Waals surface area contributed by atoms with Gasteiger partial charge in [-0.3, -0.25) is 9.48 Å². The van der Waals surface area contributed by atoms with Crippen LogP contribution in [0, 0.1) is 17.2 Å². The average Bonchev–Trinajstić information content (AvgIpc) is 3.11. The number of allylic oxidation sites excluding steroid dienone is 3. The maximum absolute atomic E-state index is 14.6. The van der Waals surface area contributed by atoms with Crippen molar-refractivity contribution in [3.63, 3.8) is 0 Å². The number of halogens is 1. The fourth-order valence-electron chi connectivity index (χ4n) is 4.17. The van der Waals surface area contributed by atoms with Gasteiger partial charge in [0.25, 0.3) is 0 Å². The van der Waals surface area contributed by atoms with E-state index in [0.717, 1.165) is 0 Å². The van der Waals surface area contributed by atoms with Gasteiger partial charge in [-0.05, 0) is 19.1 Å². The summed E-state index contributed by atoms with van der Waals surface area (Å²) in [5.41, 5.74) is 7.18. The maximum atomic E-state index is 14.6. The van der Waals surface area contributed by atoms with E-state index in [1.807, 2.05) is 0 Å². The molecule has 172 valence electrons. The molecule has 2 atom stereocenters. The van der Waals surface area contributed by atoms with E-state index in [4.69, 9.17) is 10.5 Å². The Morgan fingerprint density at radius 3 is 2.88 bits per heavy atom. The number of carbonyl (C=O) groups excluding carboxylic acids is 1. The molecular weight excluding hydrogens is 429 g/mol. The Hall–Kier alpha value is -3.85. The van der Waals surface area contributed by atoms with E-state index in [0.29, 0.717) is 30.2 Å². The second-order valence-electron chi connectivity index (χ2n) is 7.86. The molecule has 1 amide bonds. The van der Waals surface area contributed by atoms with E-state index < -0.39 is 17.8 Å². The lowest BCUT2D eigenvalue weighted by Gasteiger charge is -2.40. The Bertz CT molecular complexity index is 1180. The molecule has 4 heterocycles. The SMILES string of the molecule is C/C=C\C(F)=C/C1C(=O)N(C)Cc2nn(C)c(C#N)c2-c2nnc(N)c(n2)N2CCOC[C@H]12. The quantitative estimate of drug-likeness (QED) is 0.658. The van der Waals surface area contributed by atoms with Crippen LogP contribution < -0.4 is 10.6 Å². The molecule has 2 aromatic rings. The fourth-order valence-corrected chi connectivity index (χ4v) is 4.17. The van der Waals surface area contributed by atoms with Gasteiger partial charge in [0.2, 0.25) is 5.91 Å². The van der Waals surface area contributed by atoms with Gasteiger partial charge < -0.3 is 20.3 Å². The van der Waals surface area contributed by atoms with Crippen molar-refractivity contribution in [2.45, 2.75) is 19.5 Å². The smallest absolute Gasteiger partial charge is 0.231 e. The number of nitrogens with zero attached hydrogens (tertiary/aromatic N) is 8. The summed E-state index contributed by atoms with van der Waals surface area (Å²) in [6, 6.07) is 1.54. The van der Waals surface area contributed by atoms with Crippen molar-refractivity contribution >= 4 is 17.5 Å². The highest BCUT2D eigenvalue weighted by Gasteiger charge is 2.39. The molecule has 0 aromatic carbocycles. The number of amides is 1. The molecule has 11 nitrogen and oxygen atoms in total. The summed E-state index contributed by atoms with van der Waals surface area (Å²) in [7, 11) is 3.23. The summed E-state index contributed by atoms with van der Waals surface area (Å²) in [6.07, 6.45) is 4.14. The first-order chi connectivity index (χ1) is 15.8. The van der Waals surface area contributed by atoms with Crippen LogP contribution in [0.5, 0.6) is 0 Å². The number of nitrogens with two attached hydrogens (primary N) is 1. The number of hydrogen-bond acceptors (Lipinski definition) is 9. The van der Waals surface area contributed by atoms with Crippen molar-refractivity contribution in [2.75, 3.05) is 37.4 Å². The topological polar surface area (TPSA) is 139 Å². The number of rotatable bonds is 2. The first-order valence-electron chi connectivity index (χ1n) is 10.4. The van der Waals surface area contributed by atoms with Gasteiger partial charge in [-0.2, -0.15) is 10.4 Å². The van der Waals surface area contributed by atoms with Crippen molar-refractivity contribution in [3.8, 4) is 17.5 Å².